The van der Waals surface area contributed by atoms with Crippen LogP contribution >= 0.6 is 0 Å². The summed E-state index contributed by atoms with van der Waals surface area (Å²) in [7, 11) is 3.22. The van der Waals surface area contributed by atoms with Crippen molar-refractivity contribution in [2.24, 2.45) is 0 Å². The number of ether oxygens (including phenoxy) is 3. The molecule has 0 heterocycles. The number of aliphatic hydroxyl groups excluding tert-OH is 1. The SMILES string of the molecule is COc1ccc(COc2ccc(C(O)C(C)[NH3+])cc2)cc1OC.[Cl-]. The molecule has 0 aliphatic heterocycles. The van der Waals surface area contributed by atoms with Crippen molar-refractivity contribution in [3.63, 3.8) is 0 Å². The molecule has 0 bridgehead atoms. The molecule has 6 heteroatoms. The number of aliphatic hydroxyl groups is 1. The summed E-state index contributed by atoms with van der Waals surface area (Å²) in [4.78, 5) is 0. The third kappa shape index (κ3) is 5.03. The number of hydrogen-bond donors (Lipinski definition) is 2. The molecule has 2 rings (SSSR count). The number of halogens is 1. The van der Waals surface area contributed by atoms with Gasteiger partial charge in [0.2, 0.25) is 0 Å². The molecule has 2 unspecified atom stereocenters. The van der Waals surface area contributed by atoms with E-state index < -0.39 is 6.10 Å². The maximum absolute atomic E-state index is 9.97. The molecule has 0 saturated heterocycles. The van der Waals surface area contributed by atoms with E-state index in [1.54, 1.807) is 14.2 Å². The smallest absolute Gasteiger partial charge is 0.161 e. The zero-order valence-electron chi connectivity index (χ0n) is 14.2. The minimum atomic E-state index is -0.560. The number of benzene rings is 2. The maximum atomic E-state index is 9.97. The summed E-state index contributed by atoms with van der Waals surface area (Å²) < 4.78 is 16.3. The Labute approximate surface area is 148 Å². The van der Waals surface area contributed by atoms with Crippen LogP contribution in [0.25, 0.3) is 0 Å². The number of methoxy groups -OCH3 is 2. The molecule has 0 aromatic heterocycles. The standard InChI is InChI=1S/C18H23NO4.ClH/c1-12(19)18(20)14-5-7-15(8-6-14)23-11-13-4-9-16(21-2)17(10-13)22-3;/h4-10,12,18,20H,11,19H2,1-3H3;1H. The van der Waals surface area contributed by atoms with Gasteiger partial charge in [0.05, 0.1) is 14.2 Å². The summed E-state index contributed by atoms with van der Waals surface area (Å²) >= 11 is 0. The summed E-state index contributed by atoms with van der Waals surface area (Å²) in [6, 6.07) is 13.0. The zero-order valence-corrected chi connectivity index (χ0v) is 14.9. The van der Waals surface area contributed by atoms with Gasteiger partial charge >= 0.3 is 0 Å². The second-order valence-electron chi connectivity index (χ2n) is 5.47. The van der Waals surface area contributed by atoms with Crippen molar-refractivity contribution in [3.8, 4) is 17.2 Å². The monoisotopic (exact) mass is 353 g/mol. The normalized spacial score (nSPS) is 12.7. The molecule has 24 heavy (non-hydrogen) atoms. The second-order valence-corrected chi connectivity index (χ2v) is 5.47. The zero-order chi connectivity index (χ0) is 16.8. The van der Waals surface area contributed by atoms with Crippen LogP contribution in [-0.2, 0) is 6.61 Å². The van der Waals surface area contributed by atoms with E-state index in [-0.39, 0.29) is 18.4 Å². The summed E-state index contributed by atoms with van der Waals surface area (Å²) in [5, 5.41) is 9.97. The molecule has 2 atom stereocenters. The molecular weight excluding hydrogens is 330 g/mol. The van der Waals surface area contributed by atoms with Crippen LogP contribution in [-0.4, -0.2) is 25.4 Å². The Kier molecular flexibility index (Phi) is 7.85. The lowest BCUT2D eigenvalue weighted by Crippen LogP contribution is -3.00. The topological polar surface area (TPSA) is 75.6 Å². The average molecular weight is 354 g/mol. The molecule has 2 aromatic carbocycles. The number of quaternary nitrogens is 1. The van der Waals surface area contributed by atoms with Crippen LogP contribution in [0.1, 0.15) is 24.2 Å². The Morgan fingerprint density at radius 2 is 1.62 bits per heavy atom. The third-order valence-electron chi connectivity index (χ3n) is 3.61. The van der Waals surface area contributed by atoms with Gasteiger partial charge in [0.25, 0.3) is 0 Å². The van der Waals surface area contributed by atoms with Gasteiger partial charge in [-0.2, -0.15) is 0 Å². The first-order chi connectivity index (χ1) is 11.0. The van der Waals surface area contributed by atoms with Gasteiger partial charge in [-0.05, 0) is 42.3 Å². The highest BCUT2D eigenvalue weighted by molar-refractivity contribution is 5.42. The highest BCUT2D eigenvalue weighted by Crippen LogP contribution is 2.28. The van der Waals surface area contributed by atoms with E-state index in [0.29, 0.717) is 18.1 Å². The van der Waals surface area contributed by atoms with Crippen LogP contribution in [0.15, 0.2) is 42.5 Å². The average Bonchev–Trinajstić information content (AvgIpc) is 2.59. The van der Waals surface area contributed by atoms with Crippen molar-refractivity contribution in [2.45, 2.75) is 25.7 Å². The molecule has 0 saturated carbocycles. The molecular formula is C18H24ClNO4. The summed E-state index contributed by atoms with van der Waals surface area (Å²) in [6.07, 6.45) is -0.560. The number of rotatable bonds is 7. The van der Waals surface area contributed by atoms with Gasteiger partial charge in [-0.3, -0.25) is 0 Å². The van der Waals surface area contributed by atoms with Gasteiger partial charge in [-0.1, -0.05) is 18.2 Å². The number of hydrogen-bond acceptors (Lipinski definition) is 4. The van der Waals surface area contributed by atoms with Crippen LogP contribution in [0.2, 0.25) is 0 Å². The van der Waals surface area contributed by atoms with E-state index in [2.05, 4.69) is 5.73 Å². The lowest BCUT2D eigenvalue weighted by molar-refractivity contribution is -0.433. The molecule has 0 spiro atoms. The van der Waals surface area contributed by atoms with Crippen molar-refractivity contribution in [1.29, 1.82) is 0 Å². The van der Waals surface area contributed by atoms with Crippen LogP contribution in [0.4, 0.5) is 0 Å². The molecule has 0 aliphatic rings. The predicted molar refractivity (Wildman–Crippen MR) is 87.6 cm³/mol. The van der Waals surface area contributed by atoms with Crippen molar-refractivity contribution in [3.05, 3.63) is 53.6 Å². The van der Waals surface area contributed by atoms with Crippen LogP contribution < -0.4 is 32.4 Å². The van der Waals surface area contributed by atoms with Crippen molar-refractivity contribution >= 4 is 0 Å². The highest BCUT2D eigenvalue weighted by Gasteiger charge is 2.15. The van der Waals surface area contributed by atoms with E-state index >= 15 is 0 Å². The van der Waals surface area contributed by atoms with E-state index in [9.17, 15) is 5.11 Å². The van der Waals surface area contributed by atoms with Crippen molar-refractivity contribution in [1.82, 2.24) is 0 Å². The van der Waals surface area contributed by atoms with Gasteiger partial charge in [0, 0.05) is 0 Å². The molecule has 2 aromatic rings. The fourth-order valence-corrected chi connectivity index (χ4v) is 2.23. The first-order valence-corrected chi connectivity index (χ1v) is 7.50. The molecule has 5 nitrogen and oxygen atoms in total. The highest BCUT2D eigenvalue weighted by atomic mass is 35.5. The summed E-state index contributed by atoms with van der Waals surface area (Å²) in [5.74, 6) is 2.11. The fourth-order valence-electron chi connectivity index (χ4n) is 2.23. The van der Waals surface area contributed by atoms with Gasteiger partial charge < -0.3 is 37.5 Å². The van der Waals surface area contributed by atoms with E-state index in [0.717, 1.165) is 16.9 Å². The van der Waals surface area contributed by atoms with Gasteiger partial charge in [0.1, 0.15) is 24.5 Å². The van der Waals surface area contributed by atoms with E-state index in [1.165, 1.54) is 0 Å². The fraction of sp³-hybridized carbons (Fsp3) is 0.333. The van der Waals surface area contributed by atoms with Crippen LogP contribution in [0, 0.1) is 0 Å². The molecule has 0 amide bonds. The lowest BCUT2D eigenvalue weighted by atomic mass is 10.0. The third-order valence-corrected chi connectivity index (χ3v) is 3.61. The Morgan fingerprint density at radius 3 is 2.17 bits per heavy atom. The van der Waals surface area contributed by atoms with Crippen LogP contribution in [0.3, 0.4) is 0 Å². The van der Waals surface area contributed by atoms with Crippen molar-refractivity contribution in [2.75, 3.05) is 14.2 Å². The molecule has 132 valence electrons. The van der Waals surface area contributed by atoms with E-state index in [1.807, 2.05) is 49.4 Å². The molecule has 4 N–H and O–H groups in total. The van der Waals surface area contributed by atoms with Crippen LogP contribution in [0.5, 0.6) is 17.2 Å². The minimum absolute atomic E-state index is 0. The van der Waals surface area contributed by atoms with Gasteiger partial charge in [-0.15, -0.1) is 0 Å². The summed E-state index contributed by atoms with van der Waals surface area (Å²) in [6.45, 7) is 2.31. The second kappa shape index (κ2) is 9.37. The Balaban J connectivity index is 0.00000288. The first kappa shape index (κ1) is 20.1. The van der Waals surface area contributed by atoms with Gasteiger partial charge in [-0.25, -0.2) is 0 Å². The molecule has 0 fully saturated rings. The maximum Gasteiger partial charge on any atom is 0.161 e. The Morgan fingerprint density at radius 1 is 1.00 bits per heavy atom. The minimum Gasteiger partial charge on any atom is -1.00 e. The largest absolute Gasteiger partial charge is 1.00 e. The molecule has 0 aliphatic carbocycles. The lowest BCUT2D eigenvalue weighted by Gasteiger charge is -2.13. The van der Waals surface area contributed by atoms with E-state index in [4.69, 9.17) is 14.2 Å². The summed E-state index contributed by atoms with van der Waals surface area (Å²) in [5.41, 5.74) is 5.66. The predicted octanol–water partition coefficient (Wildman–Crippen LogP) is -1.05. The Hall–Kier alpha value is -1.95. The first-order valence-electron chi connectivity index (χ1n) is 7.50. The van der Waals surface area contributed by atoms with Gasteiger partial charge in [0.15, 0.2) is 11.5 Å². The van der Waals surface area contributed by atoms with Crippen molar-refractivity contribution < 1.29 is 37.5 Å². The quantitative estimate of drug-likeness (QED) is 0.666. The Bertz CT molecular complexity index is 631. The molecule has 0 radical (unpaired) electrons.